The van der Waals surface area contributed by atoms with Crippen LogP contribution in [0, 0.1) is 6.92 Å². The van der Waals surface area contributed by atoms with Crippen LogP contribution in [0.15, 0.2) is 24.5 Å². The van der Waals surface area contributed by atoms with Crippen molar-refractivity contribution in [1.29, 1.82) is 0 Å². The SMILES string of the molecule is Cc1nn(C)cc1[C@@H](C)NC(=O)c1ccnc(N2CCN(C)CC2)c1. The van der Waals surface area contributed by atoms with Crippen LogP contribution in [-0.2, 0) is 7.05 Å². The zero-order valence-corrected chi connectivity index (χ0v) is 15.4. The van der Waals surface area contributed by atoms with Gasteiger partial charge in [0.05, 0.1) is 11.7 Å². The van der Waals surface area contributed by atoms with E-state index in [-0.39, 0.29) is 11.9 Å². The second-order valence-corrected chi connectivity index (χ2v) is 6.73. The van der Waals surface area contributed by atoms with Gasteiger partial charge in [0.15, 0.2) is 0 Å². The molecular weight excluding hydrogens is 316 g/mol. The summed E-state index contributed by atoms with van der Waals surface area (Å²) in [7, 11) is 4.01. The van der Waals surface area contributed by atoms with Gasteiger partial charge in [-0.1, -0.05) is 0 Å². The van der Waals surface area contributed by atoms with E-state index in [4.69, 9.17) is 0 Å². The fourth-order valence-electron chi connectivity index (χ4n) is 3.17. The van der Waals surface area contributed by atoms with Gasteiger partial charge in [-0.05, 0) is 33.0 Å². The van der Waals surface area contributed by atoms with Gasteiger partial charge in [-0.3, -0.25) is 9.48 Å². The third-order valence-electron chi connectivity index (χ3n) is 4.70. The average molecular weight is 342 g/mol. The van der Waals surface area contributed by atoms with Gasteiger partial charge in [0.25, 0.3) is 5.91 Å². The van der Waals surface area contributed by atoms with Crippen molar-refractivity contribution in [2.75, 3.05) is 38.1 Å². The van der Waals surface area contributed by atoms with E-state index in [1.165, 1.54) is 0 Å². The molecule has 134 valence electrons. The lowest BCUT2D eigenvalue weighted by molar-refractivity contribution is 0.0939. The number of nitrogens with one attached hydrogen (secondary N) is 1. The quantitative estimate of drug-likeness (QED) is 0.909. The molecule has 0 spiro atoms. The molecule has 1 fully saturated rings. The highest BCUT2D eigenvalue weighted by atomic mass is 16.1. The number of hydrogen-bond donors (Lipinski definition) is 1. The van der Waals surface area contributed by atoms with Crippen molar-refractivity contribution in [3.05, 3.63) is 41.3 Å². The average Bonchev–Trinajstić information content (AvgIpc) is 2.94. The lowest BCUT2D eigenvalue weighted by Crippen LogP contribution is -2.44. The first-order valence-electron chi connectivity index (χ1n) is 8.64. The molecule has 7 heteroatoms. The van der Waals surface area contributed by atoms with E-state index in [1.54, 1.807) is 16.9 Å². The summed E-state index contributed by atoms with van der Waals surface area (Å²) in [5, 5.41) is 7.40. The number of carbonyl (C=O) groups excluding carboxylic acids is 1. The molecule has 0 bridgehead atoms. The summed E-state index contributed by atoms with van der Waals surface area (Å²) in [5.74, 6) is 0.777. The van der Waals surface area contributed by atoms with Crippen molar-refractivity contribution in [2.45, 2.75) is 19.9 Å². The van der Waals surface area contributed by atoms with E-state index in [9.17, 15) is 4.79 Å². The third-order valence-corrected chi connectivity index (χ3v) is 4.70. The number of hydrogen-bond acceptors (Lipinski definition) is 5. The number of amides is 1. The smallest absolute Gasteiger partial charge is 0.251 e. The molecule has 7 nitrogen and oxygen atoms in total. The van der Waals surface area contributed by atoms with Crippen molar-refractivity contribution < 1.29 is 4.79 Å². The lowest BCUT2D eigenvalue weighted by Gasteiger charge is -2.33. The van der Waals surface area contributed by atoms with E-state index in [2.05, 4.69) is 32.2 Å². The Balaban J connectivity index is 1.70. The molecule has 3 rings (SSSR count). The van der Waals surface area contributed by atoms with Gasteiger partial charge in [-0.15, -0.1) is 0 Å². The highest BCUT2D eigenvalue weighted by Crippen LogP contribution is 2.18. The summed E-state index contributed by atoms with van der Waals surface area (Å²) in [4.78, 5) is 21.6. The molecule has 1 atom stereocenters. The van der Waals surface area contributed by atoms with Gasteiger partial charge < -0.3 is 15.1 Å². The van der Waals surface area contributed by atoms with Gasteiger partial charge in [0.2, 0.25) is 0 Å². The molecule has 0 unspecified atom stereocenters. The number of pyridine rings is 1. The second-order valence-electron chi connectivity index (χ2n) is 6.73. The Morgan fingerprint density at radius 3 is 2.60 bits per heavy atom. The zero-order chi connectivity index (χ0) is 18.0. The topological polar surface area (TPSA) is 66.3 Å². The van der Waals surface area contributed by atoms with E-state index in [0.29, 0.717) is 5.56 Å². The second kappa shape index (κ2) is 7.23. The highest BCUT2D eigenvalue weighted by molar-refractivity contribution is 5.95. The highest BCUT2D eigenvalue weighted by Gasteiger charge is 2.18. The van der Waals surface area contributed by atoms with Crippen LogP contribution in [0.1, 0.15) is 34.6 Å². The van der Waals surface area contributed by atoms with Crippen LogP contribution in [0.5, 0.6) is 0 Å². The van der Waals surface area contributed by atoms with Crippen LogP contribution in [0.25, 0.3) is 0 Å². The maximum Gasteiger partial charge on any atom is 0.251 e. The number of aromatic nitrogens is 3. The van der Waals surface area contributed by atoms with Crippen LogP contribution in [0.4, 0.5) is 5.82 Å². The molecule has 2 aromatic heterocycles. The summed E-state index contributed by atoms with van der Waals surface area (Å²) in [5.41, 5.74) is 2.60. The van der Waals surface area contributed by atoms with Crippen LogP contribution in [0.2, 0.25) is 0 Å². The van der Waals surface area contributed by atoms with Crippen LogP contribution in [-0.4, -0.2) is 58.8 Å². The maximum absolute atomic E-state index is 12.6. The Hall–Kier alpha value is -2.41. The molecule has 1 saturated heterocycles. The zero-order valence-electron chi connectivity index (χ0n) is 15.4. The number of piperazine rings is 1. The molecular formula is C18H26N6O. The van der Waals surface area contributed by atoms with Crippen molar-refractivity contribution in [3.8, 4) is 0 Å². The van der Waals surface area contributed by atoms with Crippen molar-refractivity contribution in [3.63, 3.8) is 0 Å². The minimum atomic E-state index is -0.0959. The predicted octanol–water partition coefficient (Wildman–Crippen LogP) is 1.37. The summed E-state index contributed by atoms with van der Waals surface area (Å²) in [6, 6.07) is 3.54. The number of nitrogens with zero attached hydrogens (tertiary/aromatic N) is 5. The summed E-state index contributed by atoms with van der Waals surface area (Å²) in [6.45, 7) is 7.81. The first kappa shape index (κ1) is 17.4. The predicted molar refractivity (Wildman–Crippen MR) is 97.8 cm³/mol. The van der Waals surface area contributed by atoms with Crippen LogP contribution < -0.4 is 10.2 Å². The molecule has 1 amide bonds. The first-order valence-corrected chi connectivity index (χ1v) is 8.64. The summed E-state index contributed by atoms with van der Waals surface area (Å²) < 4.78 is 1.77. The molecule has 0 aliphatic carbocycles. The van der Waals surface area contributed by atoms with E-state index < -0.39 is 0 Å². The monoisotopic (exact) mass is 342 g/mol. The van der Waals surface area contributed by atoms with E-state index in [0.717, 1.165) is 43.3 Å². The van der Waals surface area contributed by atoms with Crippen molar-refractivity contribution in [1.82, 2.24) is 25.0 Å². The Kier molecular flexibility index (Phi) is 5.03. The fraction of sp³-hybridized carbons (Fsp3) is 0.500. The van der Waals surface area contributed by atoms with Gasteiger partial charge in [-0.2, -0.15) is 5.10 Å². The largest absolute Gasteiger partial charge is 0.354 e. The van der Waals surface area contributed by atoms with Gasteiger partial charge in [0, 0.05) is 56.7 Å². The summed E-state index contributed by atoms with van der Waals surface area (Å²) >= 11 is 0. The molecule has 1 aliphatic heterocycles. The minimum absolute atomic E-state index is 0.0893. The Labute approximate surface area is 148 Å². The molecule has 1 N–H and O–H groups in total. The number of aryl methyl sites for hydroxylation is 2. The molecule has 1 aliphatic rings. The molecule has 2 aromatic rings. The first-order chi connectivity index (χ1) is 11.9. The number of anilines is 1. The maximum atomic E-state index is 12.6. The summed E-state index contributed by atoms with van der Waals surface area (Å²) in [6.07, 6.45) is 3.66. The molecule has 0 saturated carbocycles. The van der Waals surface area contributed by atoms with Crippen LogP contribution >= 0.6 is 0 Å². The Bertz CT molecular complexity index is 748. The van der Waals surface area contributed by atoms with Gasteiger partial charge in [-0.25, -0.2) is 4.98 Å². The number of carbonyl (C=O) groups is 1. The van der Waals surface area contributed by atoms with Crippen molar-refractivity contribution in [2.24, 2.45) is 7.05 Å². The Morgan fingerprint density at radius 1 is 1.24 bits per heavy atom. The number of rotatable bonds is 4. The molecule has 25 heavy (non-hydrogen) atoms. The minimum Gasteiger partial charge on any atom is -0.354 e. The van der Waals surface area contributed by atoms with E-state index >= 15 is 0 Å². The van der Waals surface area contributed by atoms with Gasteiger partial charge in [0.1, 0.15) is 5.82 Å². The molecule has 0 aromatic carbocycles. The standard InChI is InChI=1S/C18H26N6O/c1-13(16-12-23(4)21-14(16)2)20-18(25)15-5-6-19-17(11-15)24-9-7-22(3)8-10-24/h5-6,11-13H,7-10H2,1-4H3,(H,20,25)/t13-/m1/s1. The van der Waals surface area contributed by atoms with Crippen LogP contribution in [0.3, 0.4) is 0 Å². The van der Waals surface area contributed by atoms with Crippen molar-refractivity contribution >= 4 is 11.7 Å². The molecule has 3 heterocycles. The lowest BCUT2D eigenvalue weighted by atomic mass is 10.1. The molecule has 0 radical (unpaired) electrons. The van der Waals surface area contributed by atoms with Gasteiger partial charge >= 0.3 is 0 Å². The fourth-order valence-corrected chi connectivity index (χ4v) is 3.17. The number of likely N-dealkylation sites (N-methyl/N-ethyl adjacent to an activating group) is 1. The van der Waals surface area contributed by atoms with E-state index in [1.807, 2.05) is 33.2 Å². The third kappa shape index (κ3) is 3.99. The Morgan fingerprint density at radius 2 is 1.96 bits per heavy atom. The normalized spacial score (nSPS) is 16.7.